The molecule has 0 spiro atoms. The van der Waals surface area contributed by atoms with Gasteiger partial charge < -0.3 is 10.1 Å². The van der Waals surface area contributed by atoms with E-state index in [4.69, 9.17) is 4.74 Å². The fraction of sp³-hybridized carbons (Fsp3) is 0.222. The van der Waals surface area contributed by atoms with E-state index in [1.165, 1.54) is 31.2 Å². The number of hydrogen-bond donors (Lipinski definition) is 2. The van der Waals surface area contributed by atoms with Gasteiger partial charge in [0.2, 0.25) is 10.0 Å². The highest BCUT2D eigenvalue weighted by molar-refractivity contribution is 7.89. The lowest BCUT2D eigenvalue weighted by molar-refractivity contribution is -0.123. The lowest BCUT2D eigenvalue weighted by atomic mass is 10.2. The van der Waals surface area contributed by atoms with E-state index >= 15 is 0 Å². The minimum absolute atomic E-state index is 0.0470. The first-order valence-electron chi connectivity index (χ1n) is 8.00. The lowest BCUT2D eigenvalue weighted by Gasteiger charge is -2.13. The standard InChI is InChI=1S/C18H20N2O5S/c1-3-19-26(23,24)16-11-9-14(10-12-16)18(22)25-13(2)17(21)20-15-7-5-4-6-8-15/h4-13,19H,3H2,1-2H3,(H,20,21)/t13-/m1/s1. The third kappa shape index (κ3) is 5.14. The summed E-state index contributed by atoms with van der Waals surface area (Å²) in [5.74, 6) is -1.18. The summed E-state index contributed by atoms with van der Waals surface area (Å²) >= 11 is 0. The molecule has 0 unspecified atom stereocenters. The van der Waals surface area contributed by atoms with Gasteiger partial charge in [0, 0.05) is 12.2 Å². The Kier molecular flexibility index (Phi) is 6.48. The summed E-state index contributed by atoms with van der Waals surface area (Å²) < 4.78 is 31.2. The molecule has 7 nitrogen and oxygen atoms in total. The van der Waals surface area contributed by atoms with Crippen molar-refractivity contribution in [2.45, 2.75) is 24.8 Å². The van der Waals surface area contributed by atoms with Gasteiger partial charge in [-0.1, -0.05) is 25.1 Å². The Morgan fingerprint density at radius 1 is 1.04 bits per heavy atom. The SMILES string of the molecule is CCNS(=O)(=O)c1ccc(C(=O)O[C@H](C)C(=O)Nc2ccccc2)cc1. The average molecular weight is 376 g/mol. The molecule has 138 valence electrons. The highest BCUT2D eigenvalue weighted by Crippen LogP contribution is 2.13. The molecule has 26 heavy (non-hydrogen) atoms. The van der Waals surface area contributed by atoms with Crippen LogP contribution in [0.4, 0.5) is 5.69 Å². The summed E-state index contributed by atoms with van der Waals surface area (Å²) in [7, 11) is -3.59. The molecule has 2 N–H and O–H groups in total. The van der Waals surface area contributed by atoms with Crippen LogP contribution in [0.15, 0.2) is 59.5 Å². The van der Waals surface area contributed by atoms with Gasteiger partial charge in [0.1, 0.15) is 0 Å². The van der Waals surface area contributed by atoms with E-state index in [0.717, 1.165) is 0 Å². The number of sulfonamides is 1. The van der Waals surface area contributed by atoms with Gasteiger partial charge >= 0.3 is 5.97 Å². The summed E-state index contributed by atoms with van der Waals surface area (Å²) in [6, 6.07) is 14.1. The third-order valence-corrected chi connectivity index (χ3v) is 4.99. The molecule has 0 aromatic heterocycles. The first kappa shape index (κ1) is 19.6. The zero-order chi connectivity index (χ0) is 19.2. The lowest BCUT2D eigenvalue weighted by Crippen LogP contribution is -2.30. The molecule has 8 heteroatoms. The van der Waals surface area contributed by atoms with Crippen molar-refractivity contribution in [3.05, 3.63) is 60.2 Å². The largest absolute Gasteiger partial charge is 0.449 e. The minimum Gasteiger partial charge on any atom is -0.449 e. The van der Waals surface area contributed by atoms with E-state index in [2.05, 4.69) is 10.0 Å². The summed E-state index contributed by atoms with van der Waals surface area (Å²) in [5.41, 5.74) is 0.748. The fourth-order valence-electron chi connectivity index (χ4n) is 2.09. The third-order valence-electron chi connectivity index (χ3n) is 3.43. The Labute approximate surface area is 152 Å². The van der Waals surface area contributed by atoms with Crippen LogP contribution in [0.3, 0.4) is 0 Å². The Bertz CT molecular complexity index is 864. The summed E-state index contributed by atoms with van der Waals surface area (Å²) in [6.45, 7) is 3.39. The van der Waals surface area contributed by atoms with Crippen LogP contribution >= 0.6 is 0 Å². The van der Waals surface area contributed by atoms with E-state index in [9.17, 15) is 18.0 Å². The highest BCUT2D eigenvalue weighted by Gasteiger charge is 2.20. The maximum atomic E-state index is 12.1. The second kappa shape index (κ2) is 8.59. The number of esters is 1. The van der Waals surface area contributed by atoms with Crippen LogP contribution in [0.1, 0.15) is 24.2 Å². The van der Waals surface area contributed by atoms with Gasteiger partial charge in [-0.15, -0.1) is 0 Å². The van der Waals surface area contributed by atoms with Crippen molar-refractivity contribution in [3.63, 3.8) is 0 Å². The first-order valence-corrected chi connectivity index (χ1v) is 9.48. The van der Waals surface area contributed by atoms with Gasteiger partial charge in [-0.2, -0.15) is 0 Å². The molecule has 0 aliphatic rings. The number of carbonyl (C=O) groups is 2. The van der Waals surface area contributed by atoms with Crippen molar-refractivity contribution < 1.29 is 22.7 Å². The van der Waals surface area contributed by atoms with E-state index in [1.807, 2.05) is 6.07 Å². The first-order chi connectivity index (χ1) is 12.3. The zero-order valence-corrected chi connectivity index (χ0v) is 15.2. The van der Waals surface area contributed by atoms with E-state index < -0.39 is 28.0 Å². The van der Waals surface area contributed by atoms with Gasteiger partial charge in [-0.3, -0.25) is 4.79 Å². The molecule has 2 rings (SSSR count). The van der Waals surface area contributed by atoms with E-state index in [1.54, 1.807) is 31.2 Å². The number of para-hydroxylation sites is 1. The van der Waals surface area contributed by atoms with Crippen LogP contribution in [-0.4, -0.2) is 32.9 Å². The summed E-state index contributed by atoms with van der Waals surface area (Å²) in [4.78, 5) is 24.2. The number of benzene rings is 2. The van der Waals surface area contributed by atoms with Gasteiger partial charge in [0.15, 0.2) is 6.10 Å². The predicted octanol–water partition coefficient (Wildman–Crippen LogP) is 2.17. The minimum atomic E-state index is -3.59. The normalized spacial score (nSPS) is 12.2. The van der Waals surface area contributed by atoms with Crippen LogP contribution in [0.5, 0.6) is 0 Å². The summed E-state index contributed by atoms with van der Waals surface area (Å²) in [5, 5.41) is 2.64. The second-order valence-corrected chi connectivity index (χ2v) is 7.20. The van der Waals surface area contributed by atoms with Crippen molar-refractivity contribution in [1.82, 2.24) is 4.72 Å². The molecule has 0 bridgehead atoms. The molecule has 0 heterocycles. The number of rotatable bonds is 7. The molecule has 0 fully saturated rings. The maximum Gasteiger partial charge on any atom is 0.338 e. The van der Waals surface area contributed by atoms with Crippen LogP contribution in [0.2, 0.25) is 0 Å². The molecule has 0 saturated heterocycles. The number of amides is 1. The van der Waals surface area contributed by atoms with Crippen molar-refractivity contribution in [2.75, 3.05) is 11.9 Å². The molecule has 1 amide bonds. The van der Waals surface area contributed by atoms with Crippen molar-refractivity contribution in [3.8, 4) is 0 Å². The molecular weight excluding hydrogens is 356 g/mol. The van der Waals surface area contributed by atoms with Crippen LogP contribution in [0, 0.1) is 0 Å². The van der Waals surface area contributed by atoms with Crippen LogP contribution in [-0.2, 0) is 19.6 Å². The van der Waals surface area contributed by atoms with Gasteiger partial charge in [-0.05, 0) is 43.3 Å². The van der Waals surface area contributed by atoms with Gasteiger partial charge in [0.25, 0.3) is 5.91 Å². The van der Waals surface area contributed by atoms with Crippen LogP contribution < -0.4 is 10.0 Å². The topological polar surface area (TPSA) is 102 Å². The molecule has 1 atom stereocenters. The second-order valence-electron chi connectivity index (χ2n) is 5.43. The van der Waals surface area contributed by atoms with Crippen molar-refractivity contribution in [1.29, 1.82) is 0 Å². The van der Waals surface area contributed by atoms with E-state index in [0.29, 0.717) is 5.69 Å². The zero-order valence-electron chi connectivity index (χ0n) is 14.4. The molecule has 0 aliphatic heterocycles. The average Bonchev–Trinajstić information content (AvgIpc) is 2.62. The van der Waals surface area contributed by atoms with Gasteiger partial charge in [0.05, 0.1) is 10.5 Å². The van der Waals surface area contributed by atoms with Crippen LogP contribution in [0.25, 0.3) is 0 Å². The molecule has 2 aromatic carbocycles. The van der Waals surface area contributed by atoms with Gasteiger partial charge in [-0.25, -0.2) is 17.9 Å². The monoisotopic (exact) mass is 376 g/mol. The maximum absolute atomic E-state index is 12.1. The smallest absolute Gasteiger partial charge is 0.338 e. The number of anilines is 1. The summed E-state index contributed by atoms with van der Waals surface area (Å²) in [6.07, 6.45) is -1.01. The fourth-order valence-corrected chi connectivity index (χ4v) is 3.13. The van der Waals surface area contributed by atoms with Crippen molar-refractivity contribution in [2.24, 2.45) is 0 Å². The molecular formula is C18H20N2O5S. The number of carbonyl (C=O) groups excluding carboxylic acids is 2. The Hall–Kier alpha value is -2.71. The molecule has 0 saturated carbocycles. The molecule has 0 aliphatic carbocycles. The number of hydrogen-bond acceptors (Lipinski definition) is 5. The Balaban J connectivity index is 1.99. The van der Waals surface area contributed by atoms with E-state index in [-0.39, 0.29) is 17.0 Å². The molecule has 2 aromatic rings. The van der Waals surface area contributed by atoms with Crippen molar-refractivity contribution >= 4 is 27.6 Å². The predicted molar refractivity (Wildman–Crippen MR) is 97.3 cm³/mol. The molecule has 0 radical (unpaired) electrons. The Morgan fingerprint density at radius 2 is 1.65 bits per heavy atom. The highest BCUT2D eigenvalue weighted by atomic mass is 32.2. The number of nitrogens with one attached hydrogen (secondary N) is 2. The quantitative estimate of drug-likeness (QED) is 0.721. The number of ether oxygens (including phenoxy) is 1. The Morgan fingerprint density at radius 3 is 2.23 bits per heavy atom.